The summed E-state index contributed by atoms with van der Waals surface area (Å²) in [5.41, 5.74) is 3.11. The van der Waals surface area contributed by atoms with Crippen LogP contribution in [0, 0.1) is 5.82 Å². The van der Waals surface area contributed by atoms with Crippen LogP contribution in [-0.4, -0.2) is 4.98 Å². The second kappa shape index (κ2) is 5.06. The van der Waals surface area contributed by atoms with Crippen molar-refractivity contribution in [1.82, 2.24) is 4.98 Å². The van der Waals surface area contributed by atoms with Crippen molar-refractivity contribution in [2.24, 2.45) is 0 Å². The summed E-state index contributed by atoms with van der Waals surface area (Å²) >= 11 is 6.88. The lowest BCUT2D eigenvalue weighted by Gasteiger charge is -1.99. The smallest absolute Gasteiger partial charge is 0.227 e. The summed E-state index contributed by atoms with van der Waals surface area (Å²) in [7, 11) is 0. The minimum Gasteiger partial charge on any atom is -0.436 e. The molecule has 0 amide bonds. The van der Waals surface area contributed by atoms with E-state index in [0.29, 0.717) is 17.0 Å². The summed E-state index contributed by atoms with van der Waals surface area (Å²) < 4.78 is 18.9. The lowest BCUT2D eigenvalue weighted by Crippen LogP contribution is -1.80. The third-order valence-corrected chi connectivity index (χ3v) is 3.79. The molecule has 5 heteroatoms. The van der Waals surface area contributed by atoms with E-state index < -0.39 is 0 Å². The number of rotatable bonds is 2. The molecule has 0 N–H and O–H groups in total. The van der Waals surface area contributed by atoms with Crippen molar-refractivity contribution in [2.45, 2.75) is 3.74 Å². The number of fused-ring (bicyclic) bond motifs is 1. The van der Waals surface area contributed by atoms with E-state index in [1.807, 2.05) is 18.2 Å². The highest BCUT2D eigenvalue weighted by molar-refractivity contribution is 9.24. The number of halogens is 3. The summed E-state index contributed by atoms with van der Waals surface area (Å²) in [6.07, 6.45) is 0. The molecule has 3 aromatic rings. The predicted octanol–water partition coefficient (Wildman–Crippen LogP) is 5.42. The molecule has 3 rings (SSSR count). The predicted molar refractivity (Wildman–Crippen MR) is 80.0 cm³/mol. The average Bonchev–Trinajstić information content (AvgIpc) is 2.81. The van der Waals surface area contributed by atoms with Gasteiger partial charge in [0, 0.05) is 5.56 Å². The topological polar surface area (TPSA) is 26.0 Å². The Labute approximate surface area is 125 Å². The molecule has 0 unspecified atom stereocenters. The number of hydrogen-bond donors (Lipinski definition) is 0. The molecule has 1 heterocycles. The Morgan fingerprint density at radius 3 is 2.68 bits per heavy atom. The Morgan fingerprint density at radius 1 is 1.11 bits per heavy atom. The Balaban J connectivity index is 2.11. The highest BCUT2D eigenvalue weighted by Gasteiger charge is 2.11. The van der Waals surface area contributed by atoms with Crippen LogP contribution in [0.4, 0.5) is 4.39 Å². The molecule has 2 nitrogen and oxygen atoms in total. The van der Waals surface area contributed by atoms with Gasteiger partial charge in [-0.15, -0.1) is 0 Å². The van der Waals surface area contributed by atoms with E-state index in [1.165, 1.54) is 12.1 Å². The van der Waals surface area contributed by atoms with Gasteiger partial charge >= 0.3 is 0 Å². The molecule has 2 aromatic carbocycles. The highest BCUT2D eigenvalue weighted by atomic mass is 79.9. The van der Waals surface area contributed by atoms with Crippen LogP contribution in [0.25, 0.3) is 22.6 Å². The van der Waals surface area contributed by atoms with Crippen LogP contribution in [0.1, 0.15) is 9.30 Å². The molecule has 0 saturated heterocycles. The number of hydrogen-bond acceptors (Lipinski definition) is 2. The summed E-state index contributed by atoms with van der Waals surface area (Å²) in [5.74, 6) is 0.119. The molecule has 0 saturated carbocycles. The van der Waals surface area contributed by atoms with Gasteiger partial charge in [0.25, 0.3) is 0 Å². The first-order valence-electron chi connectivity index (χ1n) is 5.58. The molecular weight excluding hydrogens is 377 g/mol. The second-order valence-electron chi connectivity index (χ2n) is 4.06. The van der Waals surface area contributed by atoms with Crippen molar-refractivity contribution in [3.05, 3.63) is 53.8 Å². The van der Waals surface area contributed by atoms with Gasteiger partial charge in [-0.25, -0.2) is 9.37 Å². The number of aromatic nitrogens is 1. The SMILES string of the molecule is Fc1cccc(-c2nc3cc(C(Br)Br)ccc3o2)c1. The van der Waals surface area contributed by atoms with Gasteiger partial charge in [0.2, 0.25) is 5.89 Å². The van der Waals surface area contributed by atoms with Crippen LogP contribution >= 0.6 is 31.9 Å². The van der Waals surface area contributed by atoms with Crippen LogP contribution in [-0.2, 0) is 0 Å². The van der Waals surface area contributed by atoms with Gasteiger partial charge < -0.3 is 4.42 Å². The molecule has 0 atom stereocenters. The van der Waals surface area contributed by atoms with Crippen LogP contribution in [0.3, 0.4) is 0 Å². The fourth-order valence-corrected chi connectivity index (χ4v) is 2.39. The van der Waals surface area contributed by atoms with Gasteiger partial charge in [-0.05, 0) is 35.9 Å². The fraction of sp³-hybridized carbons (Fsp3) is 0.0714. The zero-order valence-electron chi connectivity index (χ0n) is 9.61. The molecule has 0 aliphatic heterocycles. The van der Waals surface area contributed by atoms with Crippen molar-refractivity contribution in [2.75, 3.05) is 0 Å². The van der Waals surface area contributed by atoms with Gasteiger partial charge in [-0.3, -0.25) is 0 Å². The number of oxazole rings is 1. The Hall–Kier alpha value is -1.20. The standard InChI is InChI=1S/C14H8Br2FNO/c15-13(16)8-4-5-12-11(7-8)18-14(19-12)9-2-1-3-10(17)6-9/h1-7,13H. The third kappa shape index (κ3) is 2.58. The van der Waals surface area contributed by atoms with E-state index in [4.69, 9.17) is 4.42 Å². The first-order chi connectivity index (χ1) is 9.13. The molecule has 96 valence electrons. The second-order valence-corrected chi connectivity index (χ2v) is 7.12. The lowest BCUT2D eigenvalue weighted by molar-refractivity contribution is 0.611. The largest absolute Gasteiger partial charge is 0.436 e. The third-order valence-electron chi connectivity index (χ3n) is 2.74. The molecule has 0 aliphatic carbocycles. The number of benzene rings is 2. The number of nitrogens with zero attached hydrogens (tertiary/aromatic N) is 1. The van der Waals surface area contributed by atoms with Gasteiger partial charge in [0.05, 0.1) is 3.74 Å². The zero-order chi connectivity index (χ0) is 13.4. The van der Waals surface area contributed by atoms with E-state index in [2.05, 4.69) is 36.8 Å². The van der Waals surface area contributed by atoms with Crippen LogP contribution in [0.2, 0.25) is 0 Å². The monoisotopic (exact) mass is 383 g/mol. The van der Waals surface area contributed by atoms with E-state index in [-0.39, 0.29) is 9.55 Å². The first-order valence-corrected chi connectivity index (χ1v) is 7.41. The molecule has 19 heavy (non-hydrogen) atoms. The van der Waals surface area contributed by atoms with Gasteiger partial charge in [0.15, 0.2) is 5.58 Å². The molecule has 0 aliphatic rings. The first kappa shape index (κ1) is 12.8. The normalized spacial score (nSPS) is 11.4. The van der Waals surface area contributed by atoms with Crippen molar-refractivity contribution in [3.8, 4) is 11.5 Å². The van der Waals surface area contributed by atoms with Gasteiger partial charge in [-0.1, -0.05) is 44.0 Å². The molecule has 1 aromatic heterocycles. The van der Waals surface area contributed by atoms with Crippen LogP contribution < -0.4 is 0 Å². The van der Waals surface area contributed by atoms with Crippen molar-refractivity contribution in [1.29, 1.82) is 0 Å². The Kier molecular flexibility index (Phi) is 3.41. The Bertz CT molecular complexity index is 739. The minimum absolute atomic E-state index is 0.0683. The molecular formula is C14H8Br2FNO. The fourth-order valence-electron chi connectivity index (χ4n) is 1.83. The zero-order valence-corrected chi connectivity index (χ0v) is 12.8. The minimum atomic E-state index is -0.304. The van der Waals surface area contributed by atoms with Crippen molar-refractivity contribution >= 4 is 43.0 Å². The van der Waals surface area contributed by atoms with E-state index in [9.17, 15) is 4.39 Å². The summed E-state index contributed by atoms with van der Waals surface area (Å²) in [6.45, 7) is 0. The van der Waals surface area contributed by atoms with Crippen molar-refractivity contribution in [3.63, 3.8) is 0 Å². The average molecular weight is 385 g/mol. The van der Waals surface area contributed by atoms with Gasteiger partial charge in [0.1, 0.15) is 11.3 Å². The maximum Gasteiger partial charge on any atom is 0.227 e. The van der Waals surface area contributed by atoms with E-state index in [1.54, 1.807) is 12.1 Å². The molecule has 0 bridgehead atoms. The highest BCUT2D eigenvalue weighted by Crippen LogP contribution is 2.32. The van der Waals surface area contributed by atoms with Gasteiger partial charge in [-0.2, -0.15) is 0 Å². The molecule has 0 spiro atoms. The Morgan fingerprint density at radius 2 is 1.95 bits per heavy atom. The molecule has 0 radical (unpaired) electrons. The lowest BCUT2D eigenvalue weighted by atomic mass is 10.2. The maximum atomic E-state index is 13.2. The quantitative estimate of drug-likeness (QED) is 0.551. The maximum absolute atomic E-state index is 13.2. The number of alkyl halides is 2. The summed E-state index contributed by atoms with van der Waals surface area (Å²) in [6, 6.07) is 11.9. The van der Waals surface area contributed by atoms with Crippen LogP contribution in [0.5, 0.6) is 0 Å². The molecule has 0 fully saturated rings. The summed E-state index contributed by atoms with van der Waals surface area (Å²) in [4.78, 5) is 4.39. The van der Waals surface area contributed by atoms with E-state index in [0.717, 1.165) is 11.1 Å². The summed E-state index contributed by atoms with van der Waals surface area (Å²) in [5, 5.41) is 0. The van der Waals surface area contributed by atoms with Crippen molar-refractivity contribution < 1.29 is 8.81 Å². The van der Waals surface area contributed by atoms with E-state index >= 15 is 0 Å². The van der Waals surface area contributed by atoms with Crippen LogP contribution in [0.15, 0.2) is 46.9 Å².